The first-order chi connectivity index (χ1) is 8.06. The van der Waals surface area contributed by atoms with Crippen molar-refractivity contribution in [2.24, 2.45) is 5.92 Å². The van der Waals surface area contributed by atoms with Crippen LogP contribution in [0.25, 0.3) is 0 Å². The Morgan fingerprint density at radius 3 is 2.53 bits per heavy atom. The minimum atomic E-state index is -0.387. The highest BCUT2D eigenvalue weighted by molar-refractivity contribution is 5.81. The quantitative estimate of drug-likeness (QED) is 0.648. The largest absolute Gasteiger partial charge is 0.468 e. The highest BCUT2D eigenvalue weighted by Crippen LogP contribution is 2.32. The maximum absolute atomic E-state index is 11.7. The third kappa shape index (κ3) is 4.34. The standard InChI is InChI=1S/C12H21NO4/c1-4-17-10-5-9(6-10)7-11(14)13(2)8-12(15)16-3/h9-10H,4-8H2,1-3H3. The summed E-state index contributed by atoms with van der Waals surface area (Å²) in [5.41, 5.74) is 0. The molecule has 1 saturated carbocycles. The molecule has 0 bridgehead atoms. The van der Waals surface area contributed by atoms with Crippen LogP contribution in [0.3, 0.4) is 0 Å². The summed E-state index contributed by atoms with van der Waals surface area (Å²) in [7, 11) is 2.94. The highest BCUT2D eigenvalue weighted by atomic mass is 16.5. The summed E-state index contributed by atoms with van der Waals surface area (Å²) in [5, 5.41) is 0. The van der Waals surface area contributed by atoms with Gasteiger partial charge in [-0.3, -0.25) is 9.59 Å². The molecule has 0 heterocycles. The van der Waals surface area contributed by atoms with Gasteiger partial charge in [-0.2, -0.15) is 0 Å². The summed E-state index contributed by atoms with van der Waals surface area (Å²) in [6.07, 6.45) is 2.72. The molecule has 5 heteroatoms. The van der Waals surface area contributed by atoms with E-state index in [1.807, 2.05) is 6.92 Å². The van der Waals surface area contributed by atoms with E-state index in [0.29, 0.717) is 18.4 Å². The molecule has 0 aromatic rings. The third-order valence-electron chi connectivity index (χ3n) is 3.08. The summed E-state index contributed by atoms with van der Waals surface area (Å²) in [5.74, 6) is 0.0103. The van der Waals surface area contributed by atoms with Gasteiger partial charge in [-0.25, -0.2) is 0 Å². The fourth-order valence-electron chi connectivity index (χ4n) is 1.96. The van der Waals surface area contributed by atoms with Gasteiger partial charge >= 0.3 is 5.97 Å². The number of hydrogen-bond donors (Lipinski definition) is 0. The number of carbonyl (C=O) groups is 2. The molecule has 98 valence electrons. The Kier molecular flexibility index (Phi) is 5.41. The van der Waals surface area contributed by atoms with Crippen molar-refractivity contribution in [1.82, 2.24) is 4.90 Å². The van der Waals surface area contributed by atoms with Crippen molar-refractivity contribution in [2.45, 2.75) is 32.3 Å². The van der Waals surface area contributed by atoms with Gasteiger partial charge in [0.1, 0.15) is 6.54 Å². The summed E-state index contributed by atoms with van der Waals surface area (Å²) < 4.78 is 9.95. The van der Waals surface area contributed by atoms with Gasteiger partial charge in [0.15, 0.2) is 0 Å². The smallest absolute Gasteiger partial charge is 0.325 e. The monoisotopic (exact) mass is 243 g/mol. The van der Waals surface area contributed by atoms with Gasteiger partial charge in [-0.15, -0.1) is 0 Å². The lowest BCUT2D eigenvalue weighted by Crippen LogP contribution is -2.38. The molecule has 1 aliphatic rings. The zero-order valence-electron chi connectivity index (χ0n) is 10.8. The Morgan fingerprint density at radius 2 is 2.00 bits per heavy atom. The Morgan fingerprint density at radius 1 is 1.35 bits per heavy atom. The molecule has 1 aliphatic carbocycles. The topological polar surface area (TPSA) is 55.8 Å². The molecule has 0 aromatic heterocycles. The fourth-order valence-corrected chi connectivity index (χ4v) is 1.96. The molecule has 0 N–H and O–H groups in total. The van der Waals surface area contributed by atoms with Crippen LogP contribution in [-0.2, 0) is 19.1 Å². The molecule has 1 amide bonds. The predicted octanol–water partition coefficient (Wildman–Crippen LogP) is 0.823. The molecule has 17 heavy (non-hydrogen) atoms. The van der Waals surface area contributed by atoms with Gasteiger partial charge < -0.3 is 14.4 Å². The van der Waals surface area contributed by atoms with Gasteiger partial charge in [0.05, 0.1) is 13.2 Å². The predicted molar refractivity (Wildman–Crippen MR) is 62.4 cm³/mol. The molecule has 1 fully saturated rings. The normalized spacial score (nSPS) is 22.8. The molecule has 0 radical (unpaired) electrons. The first kappa shape index (κ1) is 14.0. The molecule has 0 atom stereocenters. The Hall–Kier alpha value is -1.10. The number of nitrogens with zero attached hydrogens (tertiary/aromatic N) is 1. The number of amides is 1. The minimum absolute atomic E-state index is 0.00431. The lowest BCUT2D eigenvalue weighted by Gasteiger charge is -2.35. The number of carbonyl (C=O) groups excluding carboxylic acids is 2. The van der Waals surface area contributed by atoms with Crippen molar-refractivity contribution in [3.63, 3.8) is 0 Å². The van der Waals surface area contributed by atoms with Crippen molar-refractivity contribution in [2.75, 3.05) is 27.3 Å². The average Bonchev–Trinajstić information content (AvgIpc) is 2.25. The van der Waals surface area contributed by atoms with Crippen LogP contribution >= 0.6 is 0 Å². The maximum atomic E-state index is 11.7. The van der Waals surface area contributed by atoms with Crippen LogP contribution in [0.5, 0.6) is 0 Å². The highest BCUT2D eigenvalue weighted by Gasteiger charge is 2.31. The summed E-state index contributed by atoms with van der Waals surface area (Å²) >= 11 is 0. The van der Waals surface area contributed by atoms with E-state index in [1.54, 1.807) is 7.05 Å². The minimum Gasteiger partial charge on any atom is -0.468 e. The van der Waals surface area contributed by atoms with E-state index in [2.05, 4.69) is 4.74 Å². The number of esters is 1. The van der Waals surface area contributed by atoms with Crippen LogP contribution in [-0.4, -0.2) is 50.2 Å². The molecule has 0 unspecified atom stereocenters. The third-order valence-corrected chi connectivity index (χ3v) is 3.08. The lowest BCUT2D eigenvalue weighted by atomic mass is 9.80. The molecule has 0 saturated heterocycles. The average molecular weight is 243 g/mol. The molecular weight excluding hydrogens is 222 g/mol. The van der Waals surface area contributed by atoms with Gasteiger partial charge in [-0.1, -0.05) is 0 Å². The number of ether oxygens (including phenoxy) is 2. The van der Waals surface area contributed by atoms with E-state index in [-0.39, 0.29) is 18.4 Å². The Balaban J connectivity index is 2.19. The SMILES string of the molecule is CCOC1CC(CC(=O)N(C)CC(=O)OC)C1. The van der Waals surface area contributed by atoms with Crippen LogP contribution < -0.4 is 0 Å². The van der Waals surface area contributed by atoms with Gasteiger partial charge in [-0.05, 0) is 25.7 Å². The van der Waals surface area contributed by atoms with Crippen LogP contribution in [0.2, 0.25) is 0 Å². The molecule has 1 rings (SSSR count). The van der Waals surface area contributed by atoms with Gasteiger partial charge in [0.2, 0.25) is 5.91 Å². The number of hydrogen-bond acceptors (Lipinski definition) is 4. The first-order valence-corrected chi connectivity index (χ1v) is 5.99. The number of likely N-dealkylation sites (N-methyl/N-ethyl adjacent to an activating group) is 1. The summed E-state index contributed by atoms with van der Waals surface area (Å²) in [6, 6.07) is 0. The van der Waals surface area contributed by atoms with E-state index in [9.17, 15) is 9.59 Å². The van der Waals surface area contributed by atoms with Crippen molar-refractivity contribution in [1.29, 1.82) is 0 Å². The van der Waals surface area contributed by atoms with E-state index in [0.717, 1.165) is 19.4 Å². The van der Waals surface area contributed by atoms with Crippen molar-refractivity contribution < 1.29 is 19.1 Å². The second-order valence-corrected chi connectivity index (χ2v) is 4.44. The number of rotatable bonds is 6. The van der Waals surface area contributed by atoms with Crippen LogP contribution in [0.1, 0.15) is 26.2 Å². The van der Waals surface area contributed by atoms with Crippen LogP contribution in [0.4, 0.5) is 0 Å². The summed E-state index contributed by atoms with van der Waals surface area (Å²) in [4.78, 5) is 24.2. The van der Waals surface area contributed by atoms with Crippen molar-refractivity contribution in [3.8, 4) is 0 Å². The lowest BCUT2D eigenvalue weighted by molar-refractivity contribution is -0.147. The zero-order valence-corrected chi connectivity index (χ0v) is 10.8. The van der Waals surface area contributed by atoms with Gasteiger partial charge in [0, 0.05) is 20.1 Å². The van der Waals surface area contributed by atoms with E-state index < -0.39 is 0 Å². The van der Waals surface area contributed by atoms with E-state index >= 15 is 0 Å². The van der Waals surface area contributed by atoms with E-state index in [1.165, 1.54) is 12.0 Å². The fraction of sp³-hybridized carbons (Fsp3) is 0.833. The Bertz CT molecular complexity index is 274. The second-order valence-electron chi connectivity index (χ2n) is 4.44. The summed E-state index contributed by atoms with van der Waals surface area (Å²) in [6.45, 7) is 2.73. The van der Waals surface area contributed by atoms with Crippen molar-refractivity contribution in [3.05, 3.63) is 0 Å². The van der Waals surface area contributed by atoms with Gasteiger partial charge in [0.25, 0.3) is 0 Å². The second kappa shape index (κ2) is 6.59. The Labute approximate surface area is 102 Å². The molecule has 0 aliphatic heterocycles. The maximum Gasteiger partial charge on any atom is 0.325 e. The van der Waals surface area contributed by atoms with Crippen LogP contribution in [0, 0.1) is 5.92 Å². The van der Waals surface area contributed by atoms with E-state index in [4.69, 9.17) is 4.74 Å². The molecule has 5 nitrogen and oxygen atoms in total. The molecular formula is C12H21NO4. The van der Waals surface area contributed by atoms with Crippen molar-refractivity contribution >= 4 is 11.9 Å². The first-order valence-electron chi connectivity index (χ1n) is 5.99. The zero-order chi connectivity index (χ0) is 12.8. The molecule has 0 spiro atoms. The number of methoxy groups -OCH3 is 1. The molecule has 0 aromatic carbocycles. The van der Waals surface area contributed by atoms with Crippen LogP contribution in [0.15, 0.2) is 0 Å².